The van der Waals surface area contributed by atoms with E-state index >= 15 is 0 Å². The van der Waals surface area contributed by atoms with Crippen LogP contribution in [0.25, 0.3) is 0 Å². The molecule has 2 amide bonds. The van der Waals surface area contributed by atoms with Crippen molar-refractivity contribution in [2.75, 3.05) is 27.2 Å². The number of carbonyl (C=O) groups excluding carboxylic acids is 2. The van der Waals surface area contributed by atoms with E-state index in [1.54, 1.807) is 19.0 Å². The first kappa shape index (κ1) is 18.0. The Labute approximate surface area is 132 Å². The number of hydrogen-bond acceptors (Lipinski definition) is 3. The van der Waals surface area contributed by atoms with Crippen LogP contribution in [0.3, 0.4) is 0 Å². The molecule has 1 aromatic rings. The molecule has 0 bridgehead atoms. The summed E-state index contributed by atoms with van der Waals surface area (Å²) in [6, 6.07) is 7.86. The zero-order valence-corrected chi connectivity index (χ0v) is 14.1. The number of ether oxygens (including phenoxy) is 1. The van der Waals surface area contributed by atoms with Crippen LogP contribution in [0.5, 0.6) is 0 Å². The molecule has 0 spiro atoms. The summed E-state index contributed by atoms with van der Waals surface area (Å²) in [6.07, 6.45) is -0.383. The maximum Gasteiger partial charge on any atom is 0.409 e. The molecule has 0 aliphatic rings. The van der Waals surface area contributed by atoms with E-state index in [-0.39, 0.29) is 24.5 Å². The van der Waals surface area contributed by atoms with Crippen molar-refractivity contribution in [3.05, 3.63) is 35.4 Å². The average molecular weight is 306 g/mol. The Hall–Kier alpha value is -2.04. The Morgan fingerprint density at radius 2 is 1.59 bits per heavy atom. The lowest BCUT2D eigenvalue weighted by Crippen LogP contribution is -2.39. The summed E-state index contributed by atoms with van der Waals surface area (Å²) in [4.78, 5) is 26.8. The fraction of sp³-hybridized carbons (Fsp3) is 0.529. The van der Waals surface area contributed by atoms with E-state index in [4.69, 9.17) is 4.74 Å². The Kier molecular flexibility index (Phi) is 6.89. The molecule has 0 aromatic heterocycles. The van der Waals surface area contributed by atoms with Gasteiger partial charge in [0.2, 0.25) is 5.91 Å². The predicted molar refractivity (Wildman–Crippen MR) is 86.5 cm³/mol. The number of hydrogen-bond donors (Lipinski definition) is 0. The Bertz CT molecular complexity index is 497. The van der Waals surface area contributed by atoms with Crippen LogP contribution in [0.2, 0.25) is 0 Å². The molecule has 0 saturated heterocycles. The molecule has 0 aliphatic heterocycles. The van der Waals surface area contributed by atoms with Crippen molar-refractivity contribution in [3.8, 4) is 0 Å². The molecule has 0 radical (unpaired) electrons. The van der Waals surface area contributed by atoms with Gasteiger partial charge in [0.1, 0.15) is 6.61 Å². The monoisotopic (exact) mass is 306 g/mol. The Morgan fingerprint density at radius 1 is 1.05 bits per heavy atom. The van der Waals surface area contributed by atoms with Crippen molar-refractivity contribution in [2.45, 2.75) is 27.4 Å². The molecule has 122 valence electrons. The number of carbonyl (C=O) groups is 2. The third kappa shape index (κ3) is 5.76. The van der Waals surface area contributed by atoms with Gasteiger partial charge in [0.15, 0.2) is 0 Å². The first-order valence-electron chi connectivity index (χ1n) is 7.49. The van der Waals surface area contributed by atoms with Crippen LogP contribution in [0.15, 0.2) is 24.3 Å². The van der Waals surface area contributed by atoms with Gasteiger partial charge in [-0.3, -0.25) is 4.79 Å². The van der Waals surface area contributed by atoms with E-state index in [1.807, 2.05) is 45.0 Å². The number of amides is 2. The highest BCUT2D eigenvalue weighted by Gasteiger charge is 2.15. The van der Waals surface area contributed by atoms with Gasteiger partial charge >= 0.3 is 6.09 Å². The van der Waals surface area contributed by atoms with E-state index in [9.17, 15) is 9.59 Å². The third-order valence-corrected chi connectivity index (χ3v) is 3.44. The van der Waals surface area contributed by atoms with Crippen molar-refractivity contribution in [2.24, 2.45) is 5.92 Å². The van der Waals surface area contributed by atoms with Gasteiger partial charge in [-0.05, 0) is 12.5 Å². The van der Waals surface area contributed by atoms with Crippen LogP contribution in [-0.2, 0) is 16.1 Å². The molecule has 0 heterocycles. The third-order valence-electron chi connectivity index (χ3n) is 3.44. The van der Waals surface area contributed by atoms with Crippen LogP contribution in [0.4, 0.5) is 4.79 Å². The lowest BCUT2D eigenvalue weighted by Gasteiger charge is -2.23. The summed E-state index contributed by atoms with van der Waals surface area (Å²) in [6.45, 7) is 6.92. The van der Waals surface area contributed by atoms with Crippen LogP contribution < -0.4 is 0 Å². The van der Waals surface area contributed by atoms with E-state index in [2.05, 4.69) is 0 Å². The molecule has 0 atom stereocenters. The standard InChI is InChI=1S/C17H26N2O3/c1-13(2)16(20)18(4)10-11-19(5)17(21)22-12-15-8-6-14(3)7-9-15/h6-9,13H,10-12H2,1-5H3. The molecule has 0 aliphatic carbocycles. The van der Waals surface area contributed by atoms with Gasteiger partial charge in [0, 0.05) is 33.1 Å². The largest absolute Gasteiger partial charge is 0.445 e. The summed E-state index contributed by atoms with van der Waals surface area (Å²) in [5.74, 6) is 0.0326. The summed E-state index contributed by atoms with van der Waals surface area (Å²) >= 11 is 0. The van der Waals surface area contributed by atoms with Crippen molar-refractivity contribution in [1.29, 1.82) is 0 Å². The number of nitrogens with zero attached hydrogens (tertiary/aromatic N) is 2. The van der Waals surface area contributed by atoms with Gasteiger partial charge in [-0.1, -0.05) is 43.7 Å². The maximum atomic E-state index is 11.9. The molecule has 0 fully saturated rings. The molecule has 0 saturated carbocycles. The molecule has 0 unspecified atom stereocenters. The number of benzene rings is 1. The van der Waals surface area contributed by atoms with Crippen LogP contribution >= 0.6 is 0 Å². The zero-order valence-electron chi connectivity index (χ0n) is 14.1. The number of likely N-dealkylation sites (N-methyl/N-ethyl adjacent to an activating group) is 2. The quantitative estimate of drug-likeness (QED) is 0.812. The fourth-order valence-electron chi connectivity index (χ4n) is 1.88. The lowest BCUT2D eigenvalue weighted by molar-refractivity contribution is -0.133. The molecule has 22 heavy (non-hydrogen) atoms. The minimum atomic E-state index is -0.383. The topological polar surface area (TPSA) is 49.9 Å². The Morgan fingerprint density at radius 3 is 2.14 bits per heavy atom. The molecule has 1 aromatic carbocycles. The highest BCUT2D eigenvalue weighted by Crippen LogP contribution is 2.06. The minimum Gasteiger partial charge on any atom is -0.445 e. The second-order valence-corrected chi connectivity index (χ2v) is 5.88. The summed E-state index contributed by atoms with van der Waals surface area (Å²) in [7, 11) is 3.42. The van der Waals surface area contributed by atoms with Gasteiger partial charge < -0.3 is 14.5 Å². The highest BCUT2D eigenvalue weighted by molar-refractivity contribution is 5.77. The maximum absolute atomic E-state index is 11.9. The van der Waals surface area contributed by atoms with E-state index in [1.165, 1.54) is 10.5 Å². The van der Waals surface area contributed by atoms with E-state index < -0.39 is 0 Å². The highest BCUT2D eigenvalue weighted by atomic mass is 16.6. The van der Waals surface area contributed by atoms with Crippen LogP contribution in [0.1, 0.15) is 25.0 Å². The molecular formula is C17H26N2O3. The SMILES string of the molecule is Cc1ccc(COC(=O)N(C)CCN(C)C(=O)C(C)C)cc1. The number of aryl methyl sites for hydroxylation is 1. The van der Waals surface area contributed by atoms with Crippen molar-refractivity contribution in [1.82, 2.24) is 9.80 Å². The average Bonchev–Trinajstić information content (AvgIpc) is 2.50. The second-order valence-electron chi connectivity index (χ2n) is 5.88. The first-order valence-corrected chi connectivity index (χ1v) is 7.49. The smallest absolute Gasteiger partial charge is 0.409 e. The van der Waals surface area contributed by atoms with Gasteiger partial charge in [-0.15, -0.1) is 0 Å². The van der Waals surface area contributed by atoms with Crippen molar-refractivity contribution in [3.63, 3.8) is 0 Å². The molecule has 5 heteroatoms. The van der Waals surface area contributed by atoms with Gasteiger partial charge in [0.25, 0.3) is 0 Å². The van der Waals surface area contributed by atoms with Crippen molar-refractivity contribution < 1.29 is 14.3 Å². The minimum absolute atomic E-state index is 0.0382. The summed E-state index contributed by atoms with van der Waals surface area (Å²) in [5, 5.41) is 0. The van der Waals surface area contributed by atoms with Gasteiger partial charge in [0.05, 0.1) is 0 Å². The molecule has 1 rings (SSSR count). The second kappa shape index (κ2) is 8.41. The van der Waals surface area contributed by atoms with Crippen LogP contribution in [-0.4, -0.2) is 49.0 Å². The van der Waals surface area contributed by atoms with Gasteiger partial charge in [-0.25, -0.2) is 4.79 Å². The van der Waals surface area contributed by atoms with E-state index in [0.717, 1.165) is 5.56 Å². The van der Waals surface area contributed by atoms with Crippen molar-refractivity contribution >= 4 is 12.0 Å². The zero-order chi connectivity index (χ0) is 16.7. The predicted octanol–water partition coefficient (Wildman–Crippen LogP) is 2.68. The molecule has 5 nitrogen and oxygen atoms in total. The van der Waals surface area contributed by atoms with Crippen LogP contribution in [0, 0.1) is 12.8 Å². The Balaban J connectivity index is 2.36. The molecular weight excluding hydrogens is 280 g/mol. The summed E-state index contributed by atoms with van der Waals surface area (Å²) < 4.78 is 5.25. The van der Waals surface area contributed by atoms with E-state index in [0.29, 0.717) is 13.1 Å². The molecule has 0 N–H and O–H groups in total. The first-order chi connectivity index (χ1) is 10.3. The van der Waals surface area contributed by atoms with Gasteiger partial charge in [-0.2, -0.15) is 0 Å². The fourth-order valence-corrected chi connectivity index (χ4v) is 1.88. The summed E-state index contributed by atoms with van der Waals surface area (Å²) in [5.41, 5.74) is 2.13. The lowest BCUT2D eigenvalue weighted by atomic mass is 10.2. The number of rotatable bonds is 6. The normalized spacial score (nSPS) is 10.5.